The van der Waals surface area contributed by atoms with Gasteiger partial charge in [0, 0.05) is 4.88 Å². The summed E-state index contributed by atoms with van der Waals surface area (Å²) in [6, 6.07) is 0. The fourth-order valence-electron chi connectivity index (χ4n) is 0.529. The molecule has 0 saturated heterocycles. The fraction of sp³-hybridized carbons (Fsp3) is 0.625. The summed E-state index contributed by atoms with van der Waals surface area (Å²) >= 11 is 1.58. The van der Waals surface area contributed by atoms with Crippen LogP contribution in [0.3, 0.4) is 0 Å². The van der Waals surface area contributed by atoms with Gasteiger partial charge >= 0.3 is 0 Å². The standard InChI is InChI=1S/C6H9NS.C2H6.H2S/c1-4-5(2)7-8-6(4)3;1-2;/h1-3H3;1-2H3;1H2. The number of rotatable bonds is 0. The Hall–Kier alpha value is -0.0200. The first kappa shape index (κ1) is 13.6. The first-order chi connectivity index (χ1) is 4.72. The highest BCUT2D eigenvalue weighted by molar-refractivity contribution is 7.59. The van der Waals surface area contributed by atoms with Crippen LogP contribution in [0.15, 0.2) is 0 Å². The zero-order chi connectivity index (χ0) is 8.15. The molecule has 0 saturated carbocycles. The van der Waals surface area contributed by atoms with Crippen molar-refractivity contribution < 1.29 is 0 Å². The molecule has 1 nitrogen and oxygen atoms in total. The second kappa shape index (κ2) is 6.68. The maximum atomic E-state index is 4.16. The molecule has 0 N–H and O–H groups in total. The van der Waals surface area contributed by atoms with Crippen LogP contribution in [0, 0.1) is 20.8 Å². The van der Waals surface area contributed by atoms with E-state index in [9.17, 15) is 0 Å². The quantitative estimate of drug-likeness (QED) is 0.613. The lowest BCUT2D eigenvalue weighted by Crippen LogP contribution is -1.73. The average Bonchev–Trinajstić information content (AvgIpc) is 2.25. The van der Waals surface area contributed by atoms with E-state index in [4.69, 9.17) is 0 Å². The van der Waals surface area contributed by atoms with Gasteiger partial charge in [0.05, 0.1) is 5.69 Å². The van der Waals surface area contributed by atoms with E-state index in [1.54, 1.807) is 11.5 Å². The predicted molar refractivity (Wildman–Crippen MR) is 58.1 cm³/mol. The van der Waals surface area contributed by atoms with Crippen LogP contribution in [-0.2, 0) is 0 Å². The Labute approximate surface area is 80.5 Å². The Morgan fingerprint density at radius 2 is 1.55 bits per heavy atom. The maximum Gasteiger partial charge on any atom is 0.0543 e. The van der Waals surface area contributed by atoms with Gasteiger partial charge in [-0.15, -0.1) is 0 Å². The van der Waals surface area contributed by atoms with E-state index in [-0.39, 0.29) is 13.5 Å². The van der Waals surface area contributed by atoms with Crippen LogP contribution in [0.5, 0.6) is 0 Å². The summed E-state index contributed by atoms with van der Waals surface area (Å²) in [5.74, 6) is 0. The van der Waals surface area contributed by atoms with Crippen LogP contribution < -0.4 is 0 Å². The molecule has 1 heterocycles. The molecule has 1 rings (SSSR count). The van der Waals surface area contributed by atoms with Crippen LogP contribution >= 0.6 is 25.0 Å². The Bertz CT molecular complexity index is 174. The van der Waals surface area contributed by atoms with Crippen LogP contribution in [0.4, 0.5) is 0 Å². The maximum absolute atomic E-state index is 4.16. The van der Waals surface area contributed by atoms with Crippen molar-refractivity contribution in [3.8, 4) is 0 Å². The van der Waals surface area contributed by atoms with Crippen molar-refractivity contribution in [2.45, 2.75) is 34.6 Å². The van der Waals surface area contributed by atoms with Gasteiger partial charge in [0.15, 0.2) is 0 Å². The van der Waals surface area contributed by atoms with Crippen LogP contribution in [-0.4, -0.2) is 4.37 Å². The summed E-state index contributed by atoms with van der Waals surface area (Å²) in [6.07, 6.45) is 0. The Kier molecular flexibility index (Phi) is 8.23. The summed E-state index contributed by atoms with van der Waals surface area (Å²) in [5, 5.41) is 0. The Morgan fingerprint density at radius 3 is 1.64 bits per heavy atom. The molecule has 0 spiro atoms. The van der Waals surface area contributed by atoms with Crippen molar-refractivity contribution in [2.24, 2.45) is 0 Å². The SMILES string of the molecule is CC.Cc1nsc(C)c1C.S. The smallest absolute Gasteiger partial charge is 0.0543 e. The van der Waals surface area contributed by atoms with Crippen molar-refractivity contribution in [1.29, 1.82) is 0 Å². The van der Waals surface area contributed by atoms with E-state index in [0.717, 1.165) is 0 Å². The molecule has 0 aliphatic heterocycles. The van der Waals surface area contributed by atoms with E-state index >= 15 is 0 Å². The van der Waals surface area contributed by atoms with Gasteiger partial charge in [0.25, 0.3) is 0 Å². The van der Waals surface area contributed by atoms with Crippen LogP contribution in [0.2, 0.25) is 0 Å². The lowest BCUT2D eigenvalue weighted by Gasteiger charge is -1.83. The number of aryl methyl sites for hydroxylation is 2. The summed E-state index contributed by atoms with van der Waals surface area (Å²) in [5.41, 5.74) is 2.52. The highest BCUT2D eigenvalue weighted by Crippen LogP contribution is 2.14. The minimum atomic E-state index is 0. The van der Waals surface area contributed by atoms with Crippen molar-refractivity contribution in [3.05, 3.63) is 16.1 Å². The number of hydrogen-bond donors (Lipinski definition) is 0. The molecular weight excluding hydrogens is 174 g/mol. The molecule has 3 heteroatoms. The monoisotopic (exact) mass is 191 g/mol. The number of aromatic nitrogens is 1. The Balaban J connectivity index is 0. The molecule has 1 aromatic heterocycles. The van der Waals surface area contributed by atoms with Gasteiger partial charge < -0.3 is 0 Å². The third kappa shape index (κ3) is 3.77. The van der Waals surface area contributed by atoms with Crippen molar-refractivity contribution >= 4 is 25.0 Å². The minimum Gasteiger partial charge on any atom is -0.197 e. The minimum absolute atomic E-state index is 0. The molecule has 0 amide bonds. The molecular formula is C8H17NS2. The third-order valence-corrected chi connectivity index (χ3v) is 2.34. The molecule has 0 unspecified atom stereocenters. The van der Waals surface area contributed by atoms with E-state index in [1.807, 2.05) is 20.8 Å². The van der Waals surface area contributed by atoms with E-state index in [0.29, 0.717) is 0 Å². The fourth-order valence-corrected chi connectivity index (χ4v) is 1.22. The molecule has 11 heavy (non-hydrogen) atoms. The van der Waals surface area contributed by atoms with E-state index in [2.05, 4.69) is 18.2 Å². The number of hydrogen-bond acceptors (Lipinski definition) is 2. The molecule has 0 aromatic carbocycles. The van der Waals surface area contributed by atoms with Gasteiger partial charge in [0.1, 0.15) is 0 Å². The zero-order valence-electron chi connectivity index (χ0n) is 7.86. The summed E-state index contributed by atoms with van der Waals surface area (Å²) < 4.78 is 4.16. The average molecular weight is 191 g/mol. The highest BCUT2D eigenvalue weighted by Gasteiger charge is 1.97. The molecule has 0 aliphatic carbocycles. The zero-order valence-corrected chi connectivity index (χ0v) is 9.67. The van der Waals surface area contributed by atoms with Crippen molar-refractivity contribution in [2.75, 3.05) is 0 Å². The number of nitrogens with zero attached hydrogens (tertiary/aromatic N) is 1. The molecule has 0 atom stereocenters. The van der Waals surface area contributed by atoms with Crippen molar-refractivity contribution in [1.82, 2.24) is 4.37 Å². The van der Waals surface area contributed by atoms with Crippen LogP contribution in [0.25, 0.3) is 0 Å². The second-order valence-corrected chi connectivity index (χ2v) is 2.93. The third-order valence-electron chi connectivity index (χ3n) is 1.39. The van der Waals surface area contributed by atoms with Gasteiger partial charge in [-0.2, -0.15) is 17.9 Å². The summed E-state index contributed by atoms with van der Waals surface area (Å²) in [4.78, 5) is 1.34. The molecule has 1 aromatic rings. The van der Waals surface area contributed by atoms with Crippen LogP contribution in [0.1, 0.15) is 30.0 Å². The lowest BCUT2D eigenvalue weighted by atomic mass is 10.2. The lowest BCUT2D eigenvalue weighted by molar-refractivity contribution is 1.26. The normalized spacial score (nSPS) is 7.73. The van der Waals surface area contributed by atoms with Gasteiger partial charge in [-0.1, -0.05) is 13.8 Å². The van der Waals surface area contributed by atoms with Gasteiger partial charge in [-0.3, -0.25) is 0 Å². The first-order valence-electron chi connectivity index (χ1n) is 3.61. The van der Waals surface area contributed by atoms with Gasteiger partial charge in [-0.05, 0) is 37.9 Å². The molecule has 0 radical (unpaired) electrons. The second-order valence-electron chi connectivity index (χ2n) is 1.95. The van der Waals surface area contributed by atoms with E-state index < -0.39 is 0 Å². The predicted octanol–water partition coefficient (Wildman–Crippen LogP) is 3.21. The molecule has 0 bridgehead atoms. The summed E-state index contributed by atoms with van der Waals surface area (Å²) in [7, 11) is 0. The first-order valence-corrected chi connectivity index (χ1v) is 4.38. The summed E-state index contributed by atoms with van der Waals surface area (Å²) in [6.45, 7) is 10.2. The molecule has 0 aliphatic rings. The molecule has 66 valence electrons. The molecule has 0 fully saturated rings. The van der Waals surface area contributed by atoms with Gasteiger partial charge in [0.2, 0.25) is 0 Å². The van der Waals surface area contributed by atoms with E-state index in [1.165, 1.54) is 16.1 Å². The topological polar surface area (TPSA) is 12.9 Å². The highest BCUT2D eigenvalue weighted by atomic mass is 32.1. The van der Waals surface area contributed by atoms with Crippen molar-refractivity contribution in [3.63, 3.8) is 0 Å². The van der Waals surface area contributed by atoms with Gasteiger partial charge in [-0.25, -0.2) is 0 Å². The largest absolute Gasteiger partial charge is 0.197 e. The Morgan fingerprint density at radius 1 is 1.09 bits per heavy atom.